The van der Waals surface area contributed by atoms with Crippen molar-refractivity contribution in [2.24, 2.45) is 11.8 Å². The number of H-pyrrole nitrogens is 1. The molecular formula is C10H15N. The van der Waals surface area contributed by atoms with Crippen LogP contribution in [0.4, 0.5) is 0 Å². The molecule has 1 aliphatic carbocycles. The highest BCUT2D eigenvalue weighted by Crippen LogP contribution is 2.29. The first-order chi connectivity index (χ1) is 5.27. The molecule has 0 aromatic carbocycles. The highest BCUT2D eigenvalue weighted by Gasteiger charge is 2.21. The lowest BCUT2D eigenvalue weighted by molar-refractivity contribution is 0.362. The summed E-state index contributed by atoms with van der Waals surface area (Å²) in [4.78, 5) is 3.18. The van der Waals surface area contributed by atoms with Crippen LogP contribution < -0.4 is 0 Å². The number of aromatic amines is 1. The molecule has 0 radical (unpaired) electrons. The highest BCUT2D eigenvalue weighted by molar-refractivity contribution is 5.26. The number of hydrogen-bond donors (Lipinski definition) is 1. The molecule has 0 aliphatic heterocycles. The number of aromatic nitrogens is 1. The minimum Gasteiger partial charge on any atom is -0.367 e. The Hall–Kier alpha value is -0.720. The van der Waals surface area contributed by atoms with Gasteiger partial charge in [-0.15, -0.1) is 0 Å². The summed E-state index contributed by atoms with van der Waals surface area (Å²) >= 11 is 0. The Morgan fingerprint density at radius 3 is 2.00 bits per heavy atom. The summed E-state index contributed by atoms with van der Waals surface area (Å²) in [7, 11) is 0. The van der Waals surface area contributed by atoms with E-state index in [0.29, 0.717) is 0 Å². The van der Waals surface area contributed by atoms with E-state index >= 15 is 0 Å². The van der Waals surface area contributed by atoms with Gasteiger partial charge in [0.25, 0.3) is 0 Å². The van der Waals surface area contributed by atoms with Gasteiger partial charge in [0.2, 0.25) is 0 Å². The number of hydrogen-bond acceptors (Lipinski definition) is 0. The summed E-state index contributed by atoms with van der Waals surface area (Å²) in [6, 6.07) is 0. The fourth-order valence-corrected chi connectivity index (χ4v) is 1.90. The summed E-state index contributed by atoms with van der Waals surface area (Å²) in [6.45, 7) is 4.70. The molecule has 1 aromatic heterocycles. The van der Waals surface area contributed by atoms with Gasteiger partial charge in [0.15, 0.2) is 0 Å². The van der Waals surface area contributed by atoms with Gasteiger partial charge in [0.1, 0.15) is 0 Å². The first-order valence-corrected chi connectivity index (χ1v) is 4.42. The SMILES string of the molecule is CC1Cc2c[nH]cc2CC1C. The zero-order valence-corrected chi connectivity index (χ0v) is 7.22. The van der Waals surface area contributed by atoms with Crippen LogP contribution in [0.1, 0.15) is 25.0 Å². The van der Waals surface area contributed by atoms with Crippen LogP contribution in [0.2, 0.25) is 0 Å². The Morgan fingerprint density at radius 2 is 1.55 bits per heavy atom. The van der Waals surface area contributed by atoms with Crippen LogP contribution in [-0.4, -0.2) is 4.98 Å². The van der Waals surface area contributed by atoms with Crippen molar-refractivity contribution in [3.63, 3.8) is 0 Å². The third kappa shape index (κ3) is 1.09. The minimum absolute atomic E-state index is 0.860. The monoisotopic (exact) mass is 149 g/mol. The fraction of sp³-hybridized carbons (Fsp3) is 0.600. The Morgan fingerprint density at radius 1 is 1.09 bits per heavy atom. The van der Waals surface area contributed by atoms with E-state index in [-0.39, 0.29) is 0 Å². The van der Waals surface area contributed by atoms with E-state index in [1.165, 1.54) is 24.0 Å². The lowest BCUT2D eigenvalue weighted by Crippen LogP contribution is -2.19. The molecule has 2 unspecified atom stereocenters. The van der Waals surface area contributed by atoms with Crippen LogP contribution in [-0.2, 0) is 12.8 Å². The first kappa shape index (κ1) is 6.96. The molecule has 1 aliphatic rings. The molecule has 0 bridgehead atoms. The largest absolute Gasteiger partial charge is 0.367 e. The van der Waals surface area contributed by atoms with Gasteiger partial charge >= 0.3 is 0 Å². The van der Waals surface area contributed by atoms with Crippen molar-refractivity contribution in [3.8, 4) is 0 Å². The molecule has 1 aromatic rings. The molecule has 0 saturated heterocycles. The molecule has 60 valence electrons. The molecule has 0 spiro atoms. The maximum atomic E-state index is 3.18. The lowest BCUT2D eigenvalue weighted by Gasteiger charge is -2.25. The van der Waals surface area contributed by atoms with Crippen molar-refractivity contribution in [1.29, 1.82) is 0 Å². The standard InChI is InChI=1S/C10H15N/c1-7-3-9-5-11-6-10(9)4-8(7)2/h5-8,11H,3-4H2,1-2H3. The topological polar surface area (TPSA) is 15.8 Å². The van der Waals surface area contributed by atoms with E-state index in [1.54, 1.807) is 0 Å². The molecule has 0 saturated carbocycles. The maximum absolute atomic E-state index is 3.18. The van der Waals surface area contributed by atoms with Crippen LogP contribution >= 0.6 is 0 Å². The third-order valence-corrected chi connectivity index (χ3v) is 2.98. The number of rotatable bonds is 0. The molecule has 0 amide bonds. The van der Waals surface area contributed by atoms with Gasteiger partial charge < -0.3 is 4.98 Å². The summed E-state index contributed by atoms with van der Waals surface area (Å²) in [5.41, 5.74) is 3.08. The van der Waals surface area contributed by atoms with Gasteiger partial charge in [-0.1, -0.05) is 13.8 Å². The maximum Gasteiger partial charge on any atom is 0.00403 e. The molecular weight excluding hydrogens is 134 g/mol. The van der Waals surface area contributed by atoms with Crippen molar-refractivity contribution in [2.45, 2.75) is 26.7 Å². The van der Waals surface area contributed by atoms with Gasteiger partial charge in [-0.3, -0.25) is 0 Å². The molecule has 1 heterocycles. The minimum atomic E-state index is 0.860. The number of fused-ring (bicyclic) bond motifs is 1. The molecule has 1 N–H and O–H groups in total. The normalized spacial score (nSPS) is 30.0. The highest BCUT2D eigenvalue weighted by atomic mass is 14.6. The van der Waals surface area contributed by atoms with Gasteiger partial charge in [-0.25, -0.2) is 0 Å². The van der Waals surface area contributed by atoms with Crippen molar-refractivity contribution < 1.29 is 0 Å². The van der Waals surface area contributed by atoms with Crippen LogP contribution in [0, 0.1) is 11.8 Å². The number of nitrogens with one attached hydrogen (secondary N) is 1. The van der Waals surface area contributed by atoms with E-state index in [9.17, 15) is 0 Å². The second kappa shape index (κ2) is 2.40. The van der Waals surface area contributed by atoms with Gasteiger partial charge in [0.05, 0.1) is 0 Å². The second-order valence-electron chi connectivity index (χ2n) is 3.87. The molecule has 1 nitrogen and oxygen atoms in total. The Bertz CT molecular complexity index is 225. The van der Waals surface area contributed by atoms with Crippen LogP contribution in [0.15, 0.2) is 12.4 Å². The van der Waals surface area contributed by atoms with E-state index in [2.05, 4.69) is 31.2 Å². The van der Waals surface area contributed by atoms with Crippen molar-refractivity contribution >= 4 is 0 Å². The van der Waals surface area contributed by atoms with Crippen molar-refractivity contribution in [1.82, 2.24) is 4.98 Å². The molecule has 0 fully saturated rings. The van der Waals surface area contributed by atoms with E-state index < -0.39 is 0 Å². The molecule has 2 rings (SSSR count). The van der Waals surface area contributed by atoms with Crippen molar-refractivity contribution in [2.75, 3.05) is 0 Å². The smallest absolute Gasteiger partial charge is 0.00403 e. The molecule has 2 atom stereocenters. The summed E-state index contributed by atoms with van der Waals surface area (Å²) < 4.78 is 0. The van der Waals surface area contributed by atoms with Crippen molar-refractivity contribution in [3.05, 3.63) is 23.5 Å². The summed E-state index contributed by atoms with van der Waals surface area (Å²) in [6.07, 6.45) is 6.83. The van der Waals surface area contributed by atoms with Gasteiger partial charge in [0, 0.05) is 12.4 Å². The predicted molar refractivity (Wildman–Crippen MR) is 46.5 cm³/mol. The van der Waals surface area contributed by atoms with E-state index in [0.717, 1.165) is 11.8 Å². The molecule has 1 heteroatoms. The van der Waals surface area contributed by atoms with Crippen LogP contribution in [0.25, 0.3) is 0 Å². The Labute approximate surface area is 67.8 Å². The average molecular weight is 149 g/mol. The first-order valence-electron chi connectivity index (χ1n) is 4.42. The lowest BCUT2D eigenvalue weighted by atomic mass is 9.80. The zero-order valence-electron chi connectivity index (χ0n) is 7.22. The van der Waals surface area contributed by atoms with Crippen LogP contribution in [0.3, 0.4) is 0 Å². The fourth-order valence-electron chi connectivity index (χ4n) is 1.90. The van der Waals surface area contributed by atoms with E-state index in [1.807, 2.05) is 0 Å². The summed E-state index contributed by atoms with van der Waals surface area (Å²) in [5, 5.41) is 0. The molecule has 11 heavy (non-hydrogen) atoms. The second-order valence-corrected chi connectivity index (χ2v) is 3.87. The zero-order chi connectivity index (χ0) is 7.84. The van der Waals surface area contributed by atoms with Crippen LogP contribution in [0.5, 0.6) is 0 Å². The van der Waals surface area contributed by atoms with E-state index in [4.69, 9.17) is 0 Å². The average Bonchev–Trinajstić information content (AvgIpc) is 2.36. The quantitative estimate of drug-likeness (QED) is 0.583. The Kier molecular flexibility index (Phi) is 1.52. The predicted octanol–water partition coefficient (Wildman–Crippen LogP) is 2.39. The summed E-state index contributed by atoms with van der Waals surface area (Å²) in [5.74, 6) is 1.72. The van der Waals surface area contributed by atoms with Gasteiger partial charge in [-0.2, -0.15) is 0 Å². The Balaban J connectivity index is 2.30. The third-order valence-electron chi connectivity index (χ3n) is 2.98. The van der Waals surface area contributed by atoms with Gasteiger partial charge in [-0.05, 0) is 35.8 Å².